The predicted octanol–water partition coefficient (Wildman–Crippen LogP) is 0.983. The summed E-state index contributed by atoms with van der Waals surface area (Å²) in [6, 6.07) is 4.21. The Bertz CT molecular complexity index is 437. The first kappa shape index (κ1) is 11.9. The molecule has 92 valence electrons. The molecule has 0 bridgehead atoms. The molecule has 1 aromatic carbocycles. The van der Waals surface area contributed by atoms with Crippen molar-refractivity contribution in [3.05, 3.63) is 29.6 Å². The summed E-state index contributed by atoms with van der Waals surface area (Å²) in [5.41, 5.74) is 0.604. The number of rotatable bonds is 2. The molecule has 1 amide bonds. The minimum atomic E-state index is -0.501. The molecule has 2 N–H and O–H groups in total. The average Bonchev–Trinajstić information content (AvgIpc) is 2.32. The zero-order valence-corrected chi connectivity index (χ0v) is 9.79. The van der Waals surface area contributed by atoms with Gasteiger partial charge in [0.15, 0.2) is 11.6 Å². The van der Waals surface area contributed by atoms with Gasteiger partial charge in [-0.2, -0.15) is 0 Å². The number of piperazine rings is 1. The van der Waals surface area contributed by atoms with Crippen LogP contribution in [0.25, 0.3) is 0 Å². The number of hydrogen-bond acceptors (Lipinski definition) is 3. The number of nitrogens with one attached hydrogen (secondary N) is 2. The predicted molar refractivity (Wildman–Crippen MR) is 61.3 cm³/mol. The highest BCUT2D eigenvalue weighted by molar-refractivity contribution is 5.84. The molecule has 1 fully saturated rings. The molecule has 4 nitrogen and oxygen atoms in total. The standard InChI is InChI=1S/C12H15FN2O2/c1-7-6-14-12(16)11(15-7)8-3-4-10(17-2)9(13)5-8/h3-5,7,11,15H,6H2,1-2H3,(H,14,16). The van der Waals surface area contributed by atoms with E-state index in [9.17, 15) is 9.18 Å². The maximum Gasteiger partial charge on any atom is 0.241 e. The number of halogens is 1. The normalized spacial score (nSPS) is 24.3. The summed E-state index contributed by atoms with van der Waals surface area (Å²) in [7, 11) is 1.41. The monoisotopic (exact) mass is 238 g/mol. The number of hydrogen-bond donors (Lipinski definition) is 2. The SMILES string of the molecule is COc1ccc(C2NC(C)CNC2=O)cc1F. The van der Waals surface area contributed by atoms with Gasteiger partial charge in [0.05, 0.1) is 7.11 Å². The summed E-state index contributed by atoms with van der Waals surface area (Å²) in [5, 5.41) is 5.90. The fraction of sp³-hybridized carbons (Fsp3) is 0.417. The quantitative estimate of drug-likeness (QED) is 0.807. The number of benzene rings is 1. The fourth-order valence-electron chi connectivity index (χ4n) is 1.88. The van der Waals surface area contributed by atoms with Crippen LogP contribution in [0.5, 0.6) is 5.75 Å². The molecule has 1 aliphatic heterocycles. The van der Waals surface area contributed by atoms with E-state index in [4.69, 9.17) is 4.74 Å². The van der Waals surface area contributed by atoms with Crippen LogP contribution in [0.3, 0.4) is 0 Å². The maximum absolute atomic E-state index is 13.5. The number of methoxy groups -OCH3 is 1. The molecule has 2 unspecified atom stereocenters. The highest BCUT2D eigenvalue weighted by Crippen LogP contribution is 2.23. The molecule has 1 aromatic rings. The molecule has 1 aliphatic rings. The van der Waals surface area contributed by atoms with Crippen molar-refractivity contribution >= 4 is 5.91 Å². The van der Waals surface area contributed by atoms with Gasteiger partial charge in [0.1, 0.15) is 6.04 Å². The lowest BCUT2D eigenvalue weighted by Gasteiger charge is -2.29. The lowest BCUT2D eigenvalue weighted by molar-refractivity contribution is -0.125. The Labute approximate surface area is 99.2 Å². The van der Waals surface area contributed by atoms with Gasteiger partial charge in [-0.1, -0.05) is 6.07 Å². The Morgan fingerprint density at radius 1 is 1.47 bits per heavy atom. The van der Waals surface area contributed by atoms with E-state index < -0.39 is 11.9 Å². The molecule has 2 rings (SSSR count). The van der Waals surface area contributed by atoms with Crippen LogP contribution in [0.2, 0.25) is 0 Å². The third-order valence-corrected chi connectivity index (χ3v) is 2.81. The van der Waals surface area contributed by atoms with Crippen molar-refractivity contribution in [1.82, 2.24) is 10.6 Å². The molecule has 2 atom stereocenters. The van der Waals surface area contributed by atoms with Crippen molar-refractivity contribution in [2.45, 2.75) is 19.0 Å². The van der Waals surface area contributed by atoms with Gasteiger partial charge in [-0.15, -0.1) is 0 Å². The molecular weight excluding hydrogens is 223 g/mol. The molecule has 1 saturated heterocycles. The van der Waals surface area contributed by atoms with E-state index in [2.05, 4.69) is 10.6 Å². The van der Waals surface area contributed by atoms with Crippen LogP contribution in [0, 0.1) is 5.82 Å². The minimum Gasteiger partial charge on any atom is -0.494 e. The molecule has 0 saturated carbocycles. The van der Waals surface area contributed by atoms with E-state index in [0.717, 1.165) is 0 Å². The van der Waals surface area contributed by atoms with Gasteiger partial charge in [0.2, 0.25) is 5.91 Å². The third-order valence-electron chi connectivity index (χ3n) is 2.81. The van der Waals surface area contributed by atoms with Crippen LogP contribution in [-0.4, -0.2) is 25.6 Å². The van der Waals surface area contributed by atoms with Gasteiger partial charge in [-0.3, -0.25) is 10.1 Å². The largest absolute Gasteiger partial charge is 0.494 e. The van der Waals surface area contributed by atoms with Crippen LogP contribution in [0.4, 0.5) is 4.39 Å². The van der Waals surface area contributed by atoms with E-state index in [1.165, 1.54) is 19.2 Å². The lowest BCUT2D eigenvalue weighted by Crippen LogP contribution is -2.52. The van der Waals surface area contributed by atoms with Crippen molar-refractivity contribution in [3.8, 4) is 5.75 Å². The lowest BCUT2D eigenvalue weighted by atomic mass is 10.0. The zero-order chi connectivity index (χ0) is 12.4. The fourth-order valence-corrected chi connectivity index (χ4v) is 1.88. The van der Waals surface area contributed by atoms with E-state index >= 15 is 0 Å². The number of carbonyl (C=O) groups is 1. The molecule has 0 spiro atoms. The summed E-state index contributed by atoms with van der Waals surface area (Å²) in [6.45, 7) is 2.56. The highest BCUT2D eigenvalue weighted by Gasteiger charge is 2.27. The second kappa shape index (κ2) is 4.71. The van der Waals surface area contributed by atoms with Crippen LogP contribution in [0.15, 0.2) is 18.2 Å². The van der Waals surface area contributed by atoms with Gasteiger partial charge in [0.25, 0.3) is 0 Å². The molecule has 1 heterocycles. The minimum absolute atomic E-state index is 0.132. The Kier molecular flexibility index (Phi) is 3.28. The molecule has 0 aromatic heterocycles. The summed E-state index contributed by atoms with van der Waals surface area (Å²) >= 11 is 0. The smallest absolute Gasteiger partial charge is 0.241 e. The summed E-state index contributed by atoms with van der Waals surface area (Å²) in [4.78, 5) is 11.7. The van der Waals surface area contributed by atoms with Crippen molar-refractivity contribution in [1.29, 1.82) is 0 Å². The highest BCUT2D eigenvalue weighted by atomic mass is 19.1. The third kappa shape index (κ3) is 2.39. The van der Waals surface area contributed by atoms with Gasteiger partial charge < -0.3 is 10.1 Å². The van der Waals surface area contributed by atoms with Gasteiger partial charge in [0, 0.05) is 12.6 Å². The Morgan fingerprint density at radius 3 is 2.88 bits per heavy atom. The second-order valence-corrected chi connectivity index (χ2v) is 4.14. The van der Waals surface area contributed by atoms with Crippen LogP contribution in [-0.2, 0) is 4.79 Å². The molecule has 0 aliphatic carbocycles. The van der Waals surface area contributed by atoms with Gasteiger partial charge in [-0.25, -0.2) is 4.39 Å². The van der Waals surface area contributed by atoms with Crippen LogP contribution < -0.4 is 15.4 Å². The van der Waals surface area contributed by atoms with E-state index in [0.29, 0.717) is 12.1 Å². The summed E-state index contributed by atoms with van der Waals surface area (Å²) < 4.78 is 18.4. The number of ether oxygens (including phenoxy) is 1. The first-order chi connectivity index (χ1) is 8.11. The van der Waals surface area contributed by atoms with Crippen LogP contribution in [0.1, 0.15) is 18.5 Å². The van der Waals surface area contributed by atoms with Gasteiger partial charge >= 0.3 is 0 Å². The maximum atomic E-state index is 13.5. The zero-order valence-electron chi connectivity index (χ0n) is 9.79. The molecule has 17 heavy (non-hydrogen) atoms. The van der Waals surface area contributed by atoms with E-state index in [1.807, 2.05) is 6.92 Å². The molecular formula is C12H15FN2O2. The summed E-state index contributed by atoms with van der Waals surface area (Å²) in [5.74, 6) is -0.413. The van der Waals surface area contributed by atoms with Gasteiger partial charge in [-0.05, 0) is 24.6 Å². The van der Waals surface area contributed by atoms with Crippen molar-refractivity contribution in [3.63, 3.8) is 0 Å². The van der Waals surface area contributed by atoms with Crippen molar-refractivity contribution in [2.75, 3.05) is 13.7 Å². The van der Waals surface area contributed by atoms with E-state index in [1.54, 1.807) is 6.07 Å². The molecule has 0 radical (unpaired) electrons. The Morgan fingerprint density at radius 2 is 2.24 bits per heavy atom. The van der Waals surface area contributed by atoms with Crippen molar-refractivity contribution in [2.24, 2.45) is 0 Å². The first-order valence-electron chi connectivity index (χ1n) is 5.49. The Balaban J connectivity index is 2.26. The molecule has 5 heteroatoms. The number of amides is 1. The summed E-state index contributed by atoms with van der Waals surface area (Å²) in [6.07, 6.45) is 0. The Hall–Kier alpha value is -1.62. The first-order valence-corrected chi connectivity index (χ1v) is 5.49. The topological polar surface area (TPSA) is 50.4 Å². The van der Waals surface area contributed by atoms with Crippen molar-refractivity contribution < 1.29 is 13.9 Å². The second-order valence-electron chi connectivity index (χ2n) is 4.14. The average molecular weight is 238 g/mol. The number of carbonyl (C=O) groups excluding carboxylic acids is 1. The van der Waals surface area contributed by atoms with E-state index in [-0.39, 0.29) is 17.7 Å². The van der Waals surface area contributed by atoms with Crippen LogP contribution >= 0.6 is 0 Å².